The predicted molar refractivity (Wildman–Crippen MR) is 109 cm³/mol. The van der Waals surface area contributed by atoms with Crippen LogP contribution in [-0.2, 0) is 0 Å². The topological polar surface area (TPSA) is 52.7 Å². The van der Waals surface area contributed by atoms with Gasteiger partial charge in [0, 0.05) is 43.0 Å². The molecule has 2 aromatic rings. The Bertz CT molecular complexity index is 902. The van der Waals surface area contributed by atoms with Gasteiger partial charge in [0.2, 0.25) is 0 Å². The zero-order valence-electron chi connectivity index (χ0n) is 15.5. The number of anilines is 1. The SMILES string of the molecule is Cc1ccc2c(c1)C(=O)NC1(CCN(C(=O)c3ccc(Br)cc3)CC1)N2C. The van der Waals surface area contributed by atoms with Crippen molar-refractivity contribution < 1.29 is 9.59 Å². The number of rotatable bonds is 1. The van der Waals surface area contributed by atoms with E-state index >= 15 is 0 Å². The zero-order chi connectivity index (χ0) is 19.2. The van der Waals surface area contributed by atoms with E-state index in [0.717, 1.165) is 21.3 Å². The molecule has 0 atom stereocenters. The first-order valence-electron chi connectivity index (χ1n) is 9.11. The fourth-order valence-corrected chi connectivity index (χ4v) is 4.30. The predicted octanol–water partition coefficient (Wildman–Crippen LogP) is 3.57. The van der Waals surface area contributed by atoms with Crippen molar-refractivity contribution in [2.45, 2.75) is 25.4 Å². The molecule has 2 heterocycles. The molecule has 4 rings (SSSR count). The highest BCUT2D eigenvalue weighted by atomic mass is 79.9. The van der Waals surface area contributed by atoms with Crippen LogP contribution in [0.25, 0.3) is 0 Å². The van der Waals surface area contributed by atoms with Crippen molar-refractivity contribution in [3.63, 3.8) is 0 Å². The van der Waals surface area contributed by atoms with Gasteiger partial charge in [-0.3, -0.25) is 9.59 Å². The molecule has 1 N–H and O–H groups in total. The molecule has 2 amide bonds. The maximum Gasteiger partial charge on any atom is 0.255 e. The number of piperidine rings is 1. The largest absolute Gasteiger partial charge is 0.351 e. The lowest BCUT2D eigenvalue weighted by Crippen LogP contribution is -2.67. The molecule has 6 heteroatoms. The van der Waals surface area contributed by atoms with E-state index in [0.29, 0.717) is 31.5 Å². The molecule has 0 saturated carbocycles. The van der Waals surface area contributed by atoms with Gasteiger partial charge >= 0.3 is 0 Å². The summed E-state index contributed by atoms with van der Waals surface area (Å²) < 4.78 is 0.956. The first-order valence-corrected chi connectivity index (χ1v) is 9.91. The standard InChI is InChI=1S/C21H22BrN3O2/c1-14-3-8-18-17(13-14)19(26)23-21(24(18)2)9-11-25(12-10-21)20(27)15-4-6-16(22)7-5-15/h3-8,13H,9-12H2,1-2H3,(H,23,26). The van der Waals surface area contributed by atoms with E-state index in [9.17, 15) is 9.59 Å². The van der Waals surface area contributed by atoms with Crippen LogP contribution in [-0.4, -0.2) is 42.5 Å². The van der Waals surface area contributed by atoms with Crippen LogP contribution in [0.3, 0.4) is 0 Å². The quantitative estimate of drug-likeness (QED) is 0.756. The molecule has 1 fully saturated rings. The van der Waals surface area contributed by atoms with Crippen LogP contribution in [0.15, 0.2) is 46.9 Å². The summed E-state index contributed by atoms with van der Waals surface area (Å²) in [4.78, 5) is 29.5. The number of hydrogen-bond acceptors (Lipinski definition) is 3. The Kier molecular flexibility index (Phi) is 4.46. The van der Waals surface area contributed by atoms with Gasteiger partial charge in [0.1, 0.15) is 5.66 Å². The first-order chi connectivity index (χ1) is 12.9. The molecule has 0 bridgehead atoms. The molecule has 5 nitrogen and oxygen atoms in total. The van der Waals surface area contributed by atoms with E-state index < -0.39 is 5.66 Å². The van der Waals surface area contributed by atoms with E-state index in [1.807, 2.05) is 61.3 Å². The van der Waals surface area contributed by atoms with Crippen molar-refractivity contribution in [3.05, 3.63) is 63.6 Å². The summed E-state index contributed by atoms with van der Waals surface area (Å²) in [5.41, 5.74) is 3.00. The molecule has 0 aliphatic carbocycles. The fourth-order valence-electron chi connectivity index (χ4n) is 4.03. The van der Waals surface area contributed by atoms with Gasteiger partial charge in [0.15, 0.2) is 0 Å². The van der Waals surface area contributed by atoms with Gasteiger partial charge in [0.05, 0.1) is 11.3 Å². The zero-order valence-corrected chi connectivity index (χ0v) is 17.0. The Hall–Kier alpha value is -2.34. The Morgan fingerprint density at radius 3 is 2.44 bits per heavy atom. The third-order valence-electron chi connectivity index (χ3n) is 5.72. The second kappa shape index (κ2) is 6.68. The summed E-state index contributed by atoms with van der Waals surface area (Å²) in [7, 11) is 2.03. The smallest absolute Gasteiger partial charge is 0.255 e. The lowest BCUT2D eigenvalue weighted by atomic mass is 9.90. The van der Waals surface area contributed by atoms with Crippen molar-refractivity contribution >= 4 is 33.4 Å². The van der Waals surface area contributed by atoms with Gasteiger partial charge in [-0.05, 0) is 43.3 Å². The van der Waals surface area contributed by atoms with E-state index in [4.69, 9.17) is 0 Å². The molecule has 140 valence electrons. The van der Waals surface area contributed by atoms with Crippen LogP contribution in [0, 0.1) is 6.92 Å². The summed E-state index contributed by atoms with van der Waals surface area (Å²) in [5, 5.41) is 3.21. The van der Waals surface area contributed by atoms with Crippen molar-refractivity contribution in [2.75, 3.05) is 25.0 Å². The minimum absolute atomic E-state index is 0.0283. The van der Waals surface area contributed by atoms with Crippen molar-refractivity contribution in [1.29, 1.82) is 0 Å². The lowest BCUT2D eigenvalue weighted by Gasteiger charge is -2.51. The number of likely N-dealkylation sites (tertiary alicyclic amines) is 1. The molecule has 2 aliphatic rings. The number of carbonyl (C=O) groups excluding carboxylic acids is 2. The summed E-state index contributed by atoms with van der Waals surface area (Å²) in [5.74, 6) is 0.0117. The first kappa shape index (κ1) is 18.0. The molecule has 0 unspecified atom stereocenters. The van der Waals surface area contributed by atoms with Gasteiger partial charge in [0.25, 0.3) is 11.8 Å². The van der Waals surface area contributed by atoms with Crippen LogP contribution in [0.4, 0.5) is 5.69 Å². The van der Waals surface area contributed by atoms with E-state index in [1.165, 1.54) is 0 Å². The number of aryl methyl sites for hydroxylation is 1. The van der Waals surface area contributed by atoms with Crippen LogP contribution in [0.5, 0.6) is 0 Å². The fraction of sp³-hybridized carbons (Fsp3) is 0.333. The number of amides is 2. The van der Waals surface area contributed by atoms with E-state index in [-0.39, 0.29) is 11.8 Å². The normalized spacial score (nSPS) is 18.3. The van der Waals surface area contributed by atoms with Gasteiger partial charge < -0.3 is 15.1 Å². The van der Waals surface area contributed by atoms with Crippen molar-refractivity contribution in [3.8, 4) is 0 Å². The van der Waals surface area contributed by atoms with Gasteiger partial charge in [-0.15, -0.1) is 0 Å². The second-order valence-corrected chi connectivity index (χ2v) is 8.28. The highest BCUT2D eigenvalue weighted by Crippen LogP contribution is 2.36. The average Bonchev–Trinajstić information content (AvgIpc) is 2.67. The molecule has 1 saturated heterocycles. The minimum atomic E-state index is -0.435. The van der Waals surface area contributed by atoms with Crippen LogP contribution in [0.2, 0.25) is 0 Å². The molecule has 0 radical (unpaired) electrons. The third-order valence-corrected chi connectivity index (χ3v) is 6.24. The Labute approximate surface area is 167 Å². The molecule has 1 spiro atoms. The molecule has 27 heavy (non-hydrogen) atoms. The maximum atomic E-state index is 12.8. The van der Waals surface area contributed by atoms with Gasteiger partial charge in [-0.25, -0.2) is 0 Å². The van der Waals surface area contributed by atoms with Crippen LogP contribution >= 0.6 is 15.9 Å². The second-order valence-electron chi connectivity index (χ2n) is 7.36. The Morgan fingerprint density at radius 1 is 1.11 bits per heavy atom. The third kappa shape index (κ3) is 3.12. The van der Waals surface area contributed by atoms with E-state index in [1.54, 1.807) is 0 Å². The molecule has 2 aromatic carbocycles. The monoisotopic (exact) mass is 427 g/mol. The molecular weight excluding hydrogens is 406 g/mol. The Morgan fingerprint density at radius 2 is 1.78 bits per heavy atom. The lowest BCUT2D eigenvalue weighted by molar-refractivity contribution is 0.0609. The number of fused-ring (bicyclic) bond motifs is 1. The summed E-state index contributed by atoms with van der Waals surface area (Å²) in [6.07, 6.45) is 1.40. The van der Waals surface area contributed by atoms with E-state index in [2.05, 4.69) is 26.1 Å². The highest BCUT2D eigenvalue weighted by Gasteiger charge is 2.44. The number of nitrogens with zero attached hydrogens (tertiary/aromatic N) is 2. The number of halogens is 1. The van der Waals surface area contributed by atoms with Crippen LogP contribution < -0.4 is 10.2 Å². The number of hydrogen-bond donors (Lipinski definition) is 1. The summed E-state index contributed by atoms with van der Waals surface area (Å²) >= 11 is 3.40. The minimum Gasteiger partial charge on any atom is -0.351 e. The number of nitrogens with one attached hydrogen (secondary N) is 1. The maximum absolute atomic E-state index is 12.8. The van der Waals surface area contributed by atoms with Gasteiger partial charge in [-0.2, -0.15) is 0 Å². The van der Waals surface area contributed by atoms with Crippen molar-refractivity contribution in [2.24, 2.45) is 0 Å². The number of benzene rings is 2. The summed E-state index contributed by atoms with van der Waals surface area (Å²) in [6.45, 7) is 3.21. The molecule has 0 aromatic heterocycles. The average molecular weight is 428 g/mol. The molecular formula is C21H22BrN3O2. The van der Waals surface area contributed by atoms with Crippen molar-refractivity contribution in [1.82, 2.24) is 10.2 Å². The van der Waals surface area contributed by atoms with Crippen LogP contribution in [0.1, 0.15) is 39.1 Å². The van der Waals surface area contributed by atoms with Gasteiger partial charge in [-0.1, -0.05) is 27.6 Å². The number of carbonyl (C=O) groups is 2. The summed E-state index contributed by atoms with van der Waals surface area (Å²) in [6, 6.07) is 13.4. The highest BCUT2D eigenvalue weighted by molar-refractivity contribution is 9.10. The Balaban J connectivity index is 1.53. The molecule has 2 aliphatic heterocycles.